The Hall–Kier alpha value is -0.460. The maximum absolute atomic E-state index is 6.10. The monoisotopic (exact) mass is 359 g/mol. The number of rotatable bonds is 5. The summed E-state index contributed by atoms with van der Waals surface area (Å²) in [5.74, 6) is 0. The third-order valence-electron chi connectivity index (χ3n) is 2.89. The molecule has 3 nitrogen and oxygen atoms in total. The molecule has 19 heavy (non-hydrogen) atoms. The summed E-state index contributed by atoms with van der Waals surface area (Å²) in [5.41, 5.74) is 6.94. The van der Waals surface area contributed by atoms with Gasteiger partial charge >= 0.3 is 0 Å². The Morgan fingerprint density at radius 3 is 2.84 bits per heavy atom. The Morgan fingerprint density at radius 2 is 2.32 bits per heavy atom. The maximum atomic E-state index is 6.10. The molecule has 0 fully saturated rings. The van der Waals surface area contributed by atoms with E-state index in [1.165, 1.54) is 0 Å². The van der Waals surface area contributed by atoms with Crippen molar-refractivity contribution in [2.24, 2.45) is 5.73 Å². The summed E-state index contributed by atoms with van der Waals surface area (Å²) in [5, 5.41) is 0. The highest BCUT2D eigenvalue weighted by atomic mass is 79.9. The third kappa shape index (κ3) is 3.77. The molecule has 1 atom stereocenters. The lowest BCUT2D eigenvalue weighted by Gasteiger charge is -2.25. The standard InChI is InChI=1S/C13H15BrClN3S/c1-18(8-9-4-2-3-5-17-9)11(7-16)12-6-10(14)13(15)19-12/h2-6,11H,7-8,16H2,1H3. The number of nitrogens with zero attached hydrogens (tertiary/aromatic N) is 2. The lowest BCUT2D eigenvalue weighted by molar-refractivity contribution is 0.242. The summed E-state index contributed by atoms with van der Waals surface area (Å²) >= 11 is 11.1. The van der Waals surface area contributed by atoms with Crippen LogP contribution in [0.15, 0.2) is 34.9 Å². The van der Waals surface area contributed by atoms with Gasteiger partial charge in [-0.15, -0.1) is 11.3 Å². The molecule has 2 rings (SSSR count). The molecule has 0 bridgehead atoms. The normalized spacial score (nSPS) is 12.9. The Labute approximate surface area is 130 Å². The minimum absolute atomic E-state index is 0.149. The van der Waals surface area contributed by atoms with Gasteiger partial charge in [0.15, 0.2) is 0 Å². The van der Waals surface area contributed by atoms with Crippen LogP contribution < -0.4 is 5.73 Å². The van der Waals surface area contributed by atoms with Crippen LogP contribution in [0.25, 0.3) is 0 Å². The van der Waals surface area contributed by atoms with E-state index in [4.69, 9.17) is 17.3 Å². The van der Waals surface area contributed by atoms with Gasteiger partial charge in [0, 0.05) is 28.6 Å². The molecule has 2 heterocycles. The van der Waals surface area contributed by atoms with E-state index in [1.807, 2.05) is 31.3 Å². The summed E-state index contributed by atoms with van der Waals surface area (Å²) in [6.07, 6.45) is 1.80. The SMILES string of the molecule is CN(Cc1ccccn1)C(CN)c1cc(Br)c(Cl)s1. The van der Waals surface area contributed by atoms with Crippen LogP contribution in [0.4, 0.5) is 0 Å². The van der Waals surface area contributed by atoms with E-state index in [-0.39, 0.29) is 6.04 Å². The minimum Gasteiger partial charge on any atom is -0.329 e. The molecule has 1 unspecified atom stereocenters. The highest BCUT2D eigenvalue weighted by Gasteiger charge is 2.19. The van der Waals surface area contributed by atoms with E-state index in [0.29, 0.717) is 6.54 Å². The van der Waals surface area contributed by atoms with Crippen LogP contribution in [-0.2, 0) is 6.54 Å². The minimum atomic E-state index is 0.149. The first-order chi connectivity index (χ1) is 9.11. The smallest absolute Gasteiger partial charge is 0.107 e. The number of halogens is 2. The number of likely N-dealkylation sites (N-methyl/N-ethyl adjacent to an activating group) is 1. The number of hydrogen-bond donors (Lipinski definition) is 1. The zero-order chi connectivity index (χ0) is 13.8. The Morgan fingerprint density at radius 1 is 1.53 bits per heavy atom. The number of aromatic nitrogens is 1. The summed E-state index contributed by atoms with van der Waals surface area (Å²) < 4.78 is 1.69. The predicted octanol–water partition coefficient (Wildman–Crippen LogP) is 3.69. The molecule has 0 aromatic carbocycles. The number of thiophene rings is 1. The topological polar surface area (TPSA) is 42.2 Å². The summed E-state index contributed by atoms with van der Waals surface area (Å²) in [6.45, 7) is 1.31. The molecule has 102 valence electrons. The van der Waals surface area contributed by atoms with Crippen LogP contribution in [-0.4, -0.2) is 23.5 Å². The van der Waals surface area contributed by atoms with E-state index >= 15 is 0 Å². The quantitative estimate of drug-likeness (QED) is 0.884. The van der Waals surface area contributed by atoms with Crippen LogP contribution in [0.2, 0.25) is 4.34 Å². The fourth-order valence-electron chi connectivity index (χ4n) is 1.90. The van der Waals surface area contributed by atoms with Gasteiger partial charge in [-0.05, 0) is 41.2 Å². The second-order valence-corrected chi connectivity index (χ2v) is 6.80. The first kappa shape index (κ1) is 14.9. The highest BCUT2D eigenvalue weighted by molar-refractivity contribution is 9.10. The lowest BCUT2D eigenvalue weighted by Crippen LogP contribution is -2.29. The maximum Gasteiger partial charge on any atom is 0.107 e. The molecule has 0 radical (unpaired) electrons. The Balaban J connectivity index is 2.13. The zero-order valence-corrected chi connectivity index (χ0v) is 13.7. The molecular weight excluding hydrogens is 346 g/mol. The van der Waals surface area contributed by atoms with Gasteiger partial charge in [0.2, 0.25) is 0 Å². The van der Waals surface area contributed by atoms with E-state index in [1.54, 1.807) is 17.5 Å². The highest BCUT2D eigenvalue weighted by Crippen LogP contribution is 2.36. The van der Waals surface area contributed by atoms with Crippen molar-refractivity contribution in [3.05, 3.63) is 49.8 Å². The van der Waals surface area contributed by atoms with Crippen LogP contribution in [0.3, 0.4) is 0 Å². The first-order valence-electron chi connectivity index (χ1n) is 5.86. The van der Waals surface area contributed by atoms with Gasteiger partial charge in [0.25, 0.3) is 0 Å². The van der Waals surface area contributed by atoms with Crippen LogP contribution >= 0.6 is 38.9 Å². The van der Waals surface area contributed by atoms with Crippen LogP contribution in [0, 0.1) is 0 Å². The molecule has 6 heteroatoms. The molecule has 0 saturated carbocycles. The summed E-state index contributed by atoms with van der Waals surface area (Å²) in [6, 6.07) is 8.11. The lowest BCUT2D eigenvalue weighted by atomic mass is 10.2. The van der Waals surface area contributed by atoms with Gasteiger partial charge in [-0.3, -0.25) is 9.88 Å². The third-order valence-corrected chi connectivity index (χ3v) is 5.46. The van der Waals surface area contributed by atoms with Crippen molar-refractivity contribution < 1.29 is 0 Å². The van der Waals surface area contributed by atoms with Gasteiger partial charge in [-0.2, -0.15) is 0 Å². The molecule has 0 amide bonds. The van der Waals surface area contributed by atoms with E-state index in [0.717, 1.165) is 25.9 Å². The fraction of sp³-hybridized carbons (Fsp3) is 0.308. The number of pyridine rings is 1. The molecule has 0 saturated heterocycles. The molecule has 2 aromatic heterocycles. The van der Waals surface area contributed by atoms with Gasteiger partial charge in [0.1, 0.15) is 4.34 Å². The molecule has 2 aromatic rings. The molecular formula is C13H15BrClN3S. The van der Waals surface area contributed by atoms with E-state index in [9.17, 15) is 0 Å². The van der Waals surface area contributed by atoms with Crippen molar-refractivity contribution in [2.75, 3.05) is 13.6 Å². The molecule has 2 N–H and O–H groups in total. The van der Waals surface area contributed by atoms with Crippen molar-refractivity contribution in [1.29, 1.82) is 0 Å². The summed E-state index contributed by atoms with van der Waals surface area (Å²) in [4.78, 5) is 7.69. The van der Waals surface area contributed by atoms with Gasteiger partial charge in [-0.1, -0.05) is 17.7 Å². The van der Waals surface area contributed by atoms with Gasteiger partial charge < -0.3 is 5.73 Å². The van der Waals surface area contributed by atoms with Crippen LogP contribution in [0.5, 0.6) is 0 Å². The van der Waals surface area contributed by atoms with Crippen molar-refractivity contribution in [2.45, 2.75) is 12.6 Å². The zero-order valence-electron chi connectivity index (χ0n) is 10.5. The van der Waals surface area contributed by atoms with E-state index < -0.39 is 0 Å². The molecule has 0 aliphatic heterocycles. The number of nitrogens with two attached hydrogens (primary N) is 1. The molecule has 0 aliphatic rings. The summed E-state index contributed by atoms with van der Waals surface area (Å²) in [7, 11) is 2.05. The second-order valence-electron chi connectivity index (χ2n) is 4.26. The van der Waals surface area contributed by atoms with Crippen molar-refractivity contribution in [3.63, 3.8) is 0 Å². The van der Waals surface area contributed by atoms with Crippen molar-refractivity contribution in [1.82, 2.24) is 9.88 Å². The average molecular weight is 361 g/mol. The van der Waals surface area contributed by atoms with Crippen LogP contribution in [0.1, 0.15) is 16.6 Å². The van der Waals surface area contributed by atoms with Gasteiger partial charge in [-0.25, -0.2) is 0 Å². The van der Waals surface area contributed by atoms with Gasteiger partial charge in [0.05, 0.1) is 11.7 Å². The molecule has 0 aliphatic carbocycles. The fourth-order valence-corrected chi connectivity index (χ4v) is 3.81. The van der Waals surface area contributed by atoms with E-state index in [2.05, 4.69) is 25.8 Å². The number of hydrogen-bond acceptors (Lipinski definition) is 4. The Kier molecular flexibility index (Phi) is 5.36. The largest absolute Gasteiger partial charge is 0.329 e. The van der Waals surface area contributed by atoms with Crippen molar-refractivity contribution in [3.8, 4) is 0 Å². The second kappa shape index (κ2) is 6.81. The first-order valence-corrected chi connectivity index (χ1v) is 7.85. The van der Waals surface area contributed by atoms with Crippen molar-refractivity contribution >= 4 is 38.9 Å². The average Bonchev–Trinajstić information content (AvgIpc) is 2.71. The Bertz CT molecular complexity index is 512. The molecule has 0 spiro atoms. The predicted molar refractivity (Wildman–Crippen MR) is 84.5 cm³/mol.